The maximum absolute atomic E-state index is 13.2. The fourth-order valence-corrected chi connectivity index (χ4v) is 2.16. The summed E-state index contributed by atoms with van der Waals surface area (Å²) in [6.45, 7) is 0.249. The van der Waals surface area contributed by atoms with Gasteiger partial charge in [0.15, 0.2) is 0 Å². The van der Waals surface area contributed by atoms with Gasteiger partial charge in [-0.15, -0.1) is 0 Å². The minimum atomic E-state index is -0.289. The molecule has 0 saturated carbocycles. The van der Waals surface area contributed by atoms with Crippen LogP contribution in [0.15, 0.2) is 89.9 Å². The molecular weight excluding hydrogens is 313 g/mol. The normalized spacial score (nSPS) is 10.7. The zero-order valence-electron chi connectivity index (χ0n) is 13.5. The number of ether oxygens (including phenoxy) is 1. The Kier molecular flexibility index (Phi) is 5.58. The highest BCUT2D eigenvalue weighted by atomic mass is 19.1. The smallest absolute Gasteiger partial charge is 0.149 e. The summed E-state index contributed by atoms with van der Waals surface area (Å²) in [4.78, 5) is 4.57. The number of para-hydroxylation sites is 2. The van der Waals surface area contributed by atoms with Gasteiger partial charge in [0, 0.05) is 5.56 Å². The Morgan fingerprint density at radius 1 is 0.840 bits per heavy atom. The van der Waals surface area contributed by atoms with Crippen LogP contribution in [0, 0.1) is 17.7 Å². The minimum Gasteiger partial charge on any atom is -0.481 e. The van der Waals surface area contributed by atoms with E-state index in [0.29, 0.717) is 5.71 Å². The van der Waals surface area contributed by atoms with Gasteiger partial charge in [-0.25, -0.2) is 9.38 Å². The lowest BCUT2D eigenvalue weighted by atomic mass is 10.1. The van der Waals surface area contributed by atoms with Crippen molar-refractivity contribution >= 4 is 11.4 Å². The van der Waals surface area contributed by atoms with E-state index < -0.39 is 0 Å². The Morgan fingerprint density at radius 3 is 2.16 bits per heavy atom. The fourth-order valence-electron chi connectivity index (χ4n) is 2.16. The molecule has 0 saturated heterocycles. The van der Waals surface area contributed by atoms with E-state index in [1.807, 2.05) is 60.7 Å². The summed E-state index contributed by atoms with van der Waals surface area (Å²) in [6.07, 6.45) is 0. The van der Waals surface area contributed by atoms with Crippen molar-refractivity contribution in [1.29, 1.82) is 0 Å². The predicted molar refractivity (Wildman–Crippen MR) is 98.8 cm³/mol. The number of benzene rings is 3. The molecule has 0 heterocycles. The molecule has 0 spiro atoms. The molecule has 0 aliphatic heterocycles. The maximum atomic E-state index is 13.2. The van der Waals surface area contributed by atoms with Crippen molar-refractivity contribution in [3.8, 4) is 17.6 Å². The monoisotopic (exact) mass is 329 g/mol. The van der Waals surface area contributed by atoms with Gasteiger partial charge in [0.1, 0.15) is 23.9 Å². The largest absolute Gasteiger partial charge is 0.481 e. The van der Waals surface area contributed by atoms with Crippen LogP contribution in [0.5, 0.6) is 5.75 Å². The Bertz CT molecular complexity index is 892. The molecule has 122 valence electrons. The molecule has 0 N–H and O–H groups in total. The molecule has 0 unspecified atom stereocenters. The zero-order valence-corrected chi connectivity index (χ0v) is 13.5. The summed E-state index contributed by atoms with van der Waals surface area (Å²) in [6, 6.07) is 25.2. The van der Waals surface area contributed by atoms with Crippen LogP contribution in [-0.2, 0) is 0 Å². The highest BCUT2D eigenvalue weighted by Crippen LogP contribution is 2.13. The predicted octanol–water partition coefficient (Wildman–Crippen LogP) is 5.03. The summed E-state index contributed by atoms with van der Waals surface area (Å²) in [5.74, 6) is 6.47. The summed E-state index contributed by atoms with van der Waals surface area (Å²) in [5.41, 5.74) is 2.13. The number of hydrogen-bond acceptors (Lipinski definition) is 2. The lowest BCUT2D eigenvalue weighted by molar-refractivity contribution is 0.370. The van der Waals surface area contributed by atoms with Gasteiger partial charge in [-0.1, -0.05) is 42.3 Å². The van der Waals surface area contributed by atoms with Crippen molar-refractivity contribution in [2.45, 2.75) is 0 Å². The Labute approximate surface area is 146 Å². The topological polar surface area (TPSA) is 21.6 Å². The highest BCUT2D eigenvalue weighted by molar-refractivity contribution is 6.14. The van der Waals surface area contributed by atoms with Crippen LogP contribution in [-0.4, -0.2) is 12.3 Å². The van der Waals surface area contributed by atoms with Crippen molar-refractivity contribution in [2.24, 2.45) is 4.99 Å². The second-order valence-corrected chi connectivity index (χ2v) is 5.21. The van der Waals surface area contributed by atoms with Crippen molar-refractivity contribution in [3.63, 3.8) is 0 Å². The second kappa shape index (κ2) is 8.47. The van der Waals surface area contributed by atoms with Gasteiger partial charge in [-0.2, -0.15) is 0 Å². The van der Waals surface area contributed by atoms with Crippen LogP contribution in [0.1, 0.15) is 5.56 Å². The maximum Gasteiger partial charge on any atom is 0.149 e. The molecule has 0 atom stereocenters. The quantitative estimate of drug-likeness (QED) is 0.486. The van der Waals surface area contributed by atoms with E-state index in [1.54, 1.807) is 12.1 Å². The molecule has 3 aromatic rings. The molecular formula is C22H16FNO. The number of halogens is 1. The van der Waals surface area contributed by atoms with Crippen LogP contribution in [0.25, 0.3) is 0 Å². The van der Waals surface area contributed by atoms with Crippen LogP contribution in [0.4, 0.5) is 10.1 Å². The van der Waals surface area contributed by atoms with Gasteiger partial charge in [0.05, 0.1) is 5.69 Å². The first-order valence-corrected chi connectivity index (χ1v) is 7.88. The summed E-state index contributed by atoms with van der Waals surface area (Å²) in [5, 5.41) is 0. The molecule has 0 aliphatic carbocycles. The van der Waals surface area contributed by atoms with Gasteiger partial charge in [-0.3, -0.25) is 0 Å². The molecule has 0 radical (unpaired) electrons. The third kappa shape index (κ3) is 5.05. The van der Waals surface area contributed by atoms with Gasteiger partial charge in [0.25, 0.3) is 0 Å². The van der Waals surface area contributed by atoms with Crippen LogP contribution in [0.3, 0.4) is 0 Å². The molecule has 0 aliphatic rings. The van der Waals surface area contributed by atoms with Crippen LogP contribution < -0.4 is 4.74 Å². The third-order valence-corrected chi connectivity index (χ3v) is 3.38. The number of nitrogens with zero attached hydrogens (tertiary/aromatic N) is 1. The number of hydrogen-bond donors (Lipinski definition) is 0. The first-order chi connectivity index (χ1) is 12.3. The van der Waals surface area contributed by atoms with Gasteiger partial charge in [0.2, 0.25) is 0 Å². The molecule has 0 amide bonds. The van der Waals surface area contributed by atoms with Gasteiger partial charge >= 0.3 is 0 Å². The number of rotatable bonds is 4. The molecule has 25 heavy (non-hydrogen) atoms. The Morgan fingerprint density at radius 2 is 1.48 bits per heavy atom. The van der Waals surface area contributed by atoms with Crippen LogP contribution >= 0.6 is 0 Å². The minimum absolute atomic E-state index is 0.249. The zero-order chi connectivity index (χ0) is 17.3. The van der Waals surface area contributed by atoms with E-state index in [4.69, 9.17) is 4.74 Å². The van der Waals surface area contributed by atoms with E-state index in [0.717, 1.165) is 17.0 Å². The van der Waals surface area contributed by atoms with Gasteiger partial charge < -0.3 is 4.74 Å². The molecule has 3 aromatic carbocycles. The van der Waals surface area contributed by atoms with Crippen molar-refractivity contribution in [2.75, 3.05) is 6.61 Å². The summed E-state index contributed by atoms with van der Waals surface area (Å²) >= 11 is 0. The molecule has 0 bridgehead atoms. The molecule has 0 aromatic heterocycles. The first-order valence-electron chi connectivity index (χ1n) is 7.88. The van der Waals surface area contributed by atoms with E-state index >= 15 is 0 Å². The highest BCUT2D eigenvalue weighted by Gasteiger charge is 2.01. The van der Waals surface area contributed by atoms with E-state index in [1.165, 1.54) is 12.1 Å². The Hall–Kier alpha value is -3.38. The third-order valence-electron chi connectivity index (χ3n) is 3.38. The first kappa shape index (κ1) is 16.5. The van der Waals surface area contributed by atoms with E-state index in [2.05, 4.69) is 16.8 Å². The van der Waals surface area contributed by atoms with E-state index in [-0.39, 0.29) is 12.4 Å². The lowest BCUT2D eigenvalue weighted by Crippen LogP contribution is -1.99. The van der Waals surface area contributed by atoms with E-state index in [9.17, 15) is 4.39 Å². The van der Waals surface area contributed by atoms with Crippen LogP contribution in [0.2, 0.25) is 0 Å². The Balaban J connectivity index is 1.81. The second-order valence-electron chi connectivity index (χ2n) is 5.21. The molecule has 2 nitrogen and oxygen atoms in total. The van der Waals surface area contributed by atoms with Crippen molar-refractivity contribution < 1.29 is 9.13 Å². The average molecular weight is 329 g/mol. The lowest BCUT2D eigenvalue weighted by Gasteiger charge is -2.02. The van der Waals surface area contributed by atoms with Crippen molar-refractivity contribution in [1.82, 2.24) is 0 Å². The van der Waals surface area contributed by atoms with Crippen molar-refractivity contribution in [3.05, 3.63) is 96.3 Å². The number of aliphatic imine (C=N–C) groups is 1. The molecule has 3 rings (SSSR count). The summed E-state index contributed by atoms with van der Waals surface area (Å²) in [7, 11) is 0. The standard InChI is InChI=1S/C22H16FNO/c23-19-15-13-18(14-16-19)22(24-20-8-3-1-4-9-20)12-7-17-25-21-10-5-2-6-11-21/h1-6,8-11,13-16H,17H2. The molecule has 3 heteroatoms. The summed E-state index contributed by atoms with van der Waals surface area (Å²) < 4.78 is 18.7. The molecule has 0 fully saturated rings. The fraction of sp³-hybridized carbons (Fsp3) is 0.0455. The average Bonchev–Trinajstić information content (AvgIpc) is 2.67. The van der Waals surface area contributed by atoms with Gasteiger partial charge in [-0.05, 0) is 54.5 Å². The SMILES string of the molecule is Fc1ccc(C(C#CCOc2ccccc2)=Nc2ccccc2)cc1.